The molecule has 0 spiro atoms. The molecule has 0 saturated carbocycles. The van der Waals surface area contributed by atoms with Crippen molar-refractivity contribution in [3.63, 3.8) is 0 Å². The minimum absolute atomic E-state index is 0.253. The van der Waals surface area contributed by atoms with E-state index < -0.39 is 0 Å². The minimum atomic E-state index is -0.273. The van der Waals surface area contributed by atoms with Gasteiger partial charge in [0.2, 0.25) is 0 Å². The van der Waals surface area contributed by atoms with E-state index in [2.05, 4.69) is 5.43 Å². The highest BCUT2D eigenvalue weighted by Crippen LogP contribution is 2.26. The molecule has 92 valence electrons. The van der Waals surface area contributed by atoms with Gasteiger partial charge in [-0.2, -0.15) is 0 Å². The average Bonchev–Trinajstić information content (AvgIpc) is 2.30. The van der Waals surface area contributed by atoms with Crippen LogP contribution in [0.15, 0.2) is 30.0 Å². The van der Waals surface area contributed by atoms with Crippen molar-refractivity contribution in [2.24, 2.45) is 5.84 Å². The Hall–Kier alpha value is -1.39. The first-order valence-corrected chi connectivity index (χ1v) is 5.77. The predicted octanol–water partition coefficient (Wildman–Crippen LogP) is 2.33. The molecule has 1 aromatic carbocycles. The van der Waals surface area contributed by atoms with Crippen molar-refractivity contribution in [2.75, 3.05) is 6.61 Å². The van der Waals surface area contributed by atoms with Crippen LogP contribution in [0.1, 0.15) is 30.0 Å². The summed E-state index contributed by atoms with van der Waals surface area (Å²) in [5.41, 5.74) is 4.34. The lowest BCUT2D eigenvalue weighted by Crippen LogP contribution is -2.31. The Labute approximate surface area is 100 Å². The van der Waals surface area contributed by atoms with Crippen LogP contribution in [-0.4, -0.2) is 6.61 Å². The van der Waals surface area contributed by atoms with Gasteiger partial charge < -0.3 is 4.74 Å². The summed E-state index contributed by atoms with van der Waals surface area (Å²) in [6.45, 7) is 2.55. The molecule has 3 N–H and O–H groups in total. The van der Waals surface area contributed by atoms with Crippen LogP contribution in [0.3, 0.4) is 0 Å². The van der Waals surface area contributed by atoms with Crippen molar-refractivity contribution >= 4 is 0 Å². The van der Waals surface area contributed by atoms with E-state index in [1.165, 1.54) is 12.1 Å². The van der Waals surface area contributed by atoms with E-state index in [9.17, 15) is 4.39 Å². The summed E-state index contributed by atoms with van der Waals surface area (Å²) >= 11 is 0. The summed E-state index contributed by atoms with van der Waals surface area (Å²) in [4.78, 5) is 0. The Morgan fingerprint density at radius 2 is 2.24 bits per heavy atom. The van der Waals surface area contributed by atoms with Crippen LogP contribution in [0.5, 0.6) is 0 Å². The van der Waals surface area contributed by atoms with Gasteiger partial charge in [-0.1, -0.05) is 6.07 Å². The molecule has 1 heterocycles. The molecular formula is C13H17FN2O. The average molecular weight is 236 g/mol. The van der Waals surface area contributed by atoms with Gasteiger partial charge in [0.1, 0.15) is 17.6 Å². The van der Waals surface area contributed by atoms with Gasteiger partial charge in [0.25, 0.3) is 0 Å². The fourth-order valence-corrected chi connectivity index (χ4v) is 2.05. The molecule has 0 saturated heterocycles. The van der Waals surface area contributed by atoms with Crippen molar-refractivity contribution < 1.29 is 9.13 Å². The van der Waals surface area contributed by atoms with Gasteiger partial charge in [0, 0.05) is 0 Å². The number of ether oxygens (including phenoxy) is 1. The molecule has 3 nitrogen and oxygen atoms in total. The number of aryl methyl sites for hydroxylation is 1. The van der Waals surface area contributed by atoms with E-state index in [0.29, 0.717) is 6.61 Å². The van der Waals surface area contributed by atoms with E-state index in [-0.39, 0.29) is 11.9 Å². The highest BCUT2D eigenvalue weighted by molar-refractivity contribution is 5.30. The second-order valence-corrected chi connectivity index (χ2v) is 4.26. The number of allylic oxidation sites excluding steroid dienone is 1. The lowest BCUT2D eigenvalue weighted by atomic mass is 10.0. The number of rotatable bonds is 3. The summed E-state index contributed by atoms with van der Waals surface area (Å²) in [6, 6.07) is 4.61. The van der Waals surface area contributed by atoms with Crippen LogP contribution in [0.25, 0.3) is 0 Å². The smallest absolute Gasteiger partial charge is 0.123 e. The number of hydrogen-bond donors (Lipinski definition) is 2. The van der Waals surface area contributed by atoms with Crippen molar-refractivity contribution in [3.8, 4) is 0 Å². The third-order valence-corrected chi connectivity index (χ3v) is 2.81. The fourth-order valence-electron chi connectivity index (χ4n) is 2.05. The van der Waals surface area contributed by atoms with Crippen molar-refractivity contribution in [2.45, 2.75) is 25.8 Å². The Morgan fingerprint density at radius 1 is 1.41 bits per heavy atom. The van der Waals surface area contributed by atoms with Crippen molar-refractivity contribution in [1.29, 1.82) is 0 Å². The normalized spacial score (nSPS) is 17.2. The second-order valence-electron chi connectivity index (χ2n) is 4.26. The first-order valence-electron chi connectivity index (χ1n) is 5.77. The monoisotopic (exact) mass is 236 g/mol. The number of nitrogens with one attached hydrogen (secondary N) is 1. The van der Waals surface area contributed by atoms with Gasteiger partial charge in [-0.3, -0.25) is 5.84 Å². The van der Waals surface area contributed by atoms with Crippen molar-refractivity contribution in [1.82, 2.24) is 5.43 Å². The van der Waals surface area contributed by atoms with E-state index in [1.54, 1.807) is 0 Å². The number of hydrazine groups is 1. The quantitative estimate of drug-likeness (QED) is 0.625. The minimum Gasteiger partial charge on any atom is -0.496 e. The Morgan fingerprint density at radius 3 is 2.82 bits per heavy atom. The standard InChI is InChI=1S/C13H17FN2O/c1-9-6-10(8-11(14)7-9)13(16-15)12-4-2-3-5-17-12/h4,6-8,13,16H,2-3,5,15H2,1H3. The van der Waals surface area contributed by atoms with E-state index in [1.807, 2.05) is 19.1 Å². The van der Waals surface area contributed by atoms with Gasteiger partial charge in [-0.05, 0) is 49.1 Å². The van der Waals surface area contributed by atoms with E-state index >= 15 is 0 Å². The zero-order chi connectivity index (χ0) is 12.3. The molecule has 2 rings (SSSR count). The molecule has 1 atom stereocenters. The van der Waals surface area contributed by atoms with Crippen LogP contribution in [0.2, 0.25) is 0 Å². The largest absolute Gasteiger partial charge is 0.496 e. The highest BCUT2D eigenvalue weighted by Gasteiger charge is 2.19. The highest BCUT2D eigenvalue weighted by atomic mass is 19.1. The van der Waals surface area contributed by atoms with Crippen LogP contribution in [-0.2, 0) is 4.74 Å². The fraction of sp³-hybridized carbons (Fsp3) is 0.385. The van der Waals surface area contributed by atoms with Crippen LogP contribution < -0.4 is 11.3 Å². The molecule has 0 fully saturated rings. The Kier molecular flexibility index (Phi) is 3.76. The molecule has 1 unspecified atom stereocenters. The Bertz CT molecular complexity index is 411. The van der Waals surface area contributed by atoms with Crippen LogP contribution in [0, 0.1) is 12.7 Å². The SMILES string of the molecule is Cc1cc(F)cc(C(NN)C2=CCCCO2)c1. The number of hydrogen-bond acceptors (Lipinski definition) is 3. The molecule has 1 aromatic rings. The lowest BCUT2D eigenvalue weighted by Gasteiger charge is -2.23. The van der Waals surface area contributed by atoms with Gasteiger partial charge >= 0.3 is 0 Å². The molecule has 1 aliphatic rings. The molecule has 0 amide bonds. The second kappa shape index (κ2) is 5.29. The maximum Gasteiger partial charge on any atom is 0.123 e. The third kappa shape index (κ3) is 2.84. The summed E-state index contributed by atoms with van der Waals surface area (Å²) in [6.07, 6.45) is 4.00. The van der Waals surface area contributed by atoms with Gasteiger partial charge in [0.15, 0.2) is 0 Å². The van der Waals surface area contributed by atoms with Crippen molar-refractivity contribution in [3.05, 3.63) is 47.0 Å². The number of halogens is 1. The molecule has 4 heteroatoms. The molecule has 17 heavy (non-hydrogen) atoms. The molecule has 0 aromatic heterocycles. The molecule has 0 aliphatic carbocycles. The van der Waals surface area contributed by atoms with E-state index in [0.717, 1.165) is 29.7 Å². The summed E-state index contributed by atoms with van der Waals surface area (Å²) in [5, 5.41) is 0. The van der Waals surface area contributed by atoms with E-state index in [4.69, 9.17) is 10.6 Å². The summed E-state index contributed by atoms with van der Waals surface area (Å²) in [7, 11) is 0. The Balaban J connectivity index is 2.31. The predicted molar refractivity (Wildman–Crippen MR) is 64.5 cm³/mol. The first kappa shape index (κ1) is 12.1. The van der Waals surface area contributed by atoms with Gasteiger partial charge in [0.05, 0.1) is 6.61 Å². The molecule has 0 radical (unpaired) electrons. The number of nitrogens with two attached hydrogens (primary N) is 1. The molecule has 0 bridgehead atoms. The maximum absolute atomic E-state index is 13.4. The zero-order valence-electron chi connectivity index (χ0n) is 9.87. The maximum atomic E-state index is 13.4. The van der Waals surface area contributed by atoms with Gasteiger partial charge in [-0.15, -0.1) is 0 Å². The van der Waals surface area contributed by atoms with Crippen LogP contribution in [0.4, 0.5) is 4.39 Å². The van der Waals surface area contributed by atoms with Gasteiger partial charge in [-0.25, -0.2) is 9.82 Å². The first-order chi connectivity index (χ1) is 8.20. The zero-order valence-corrected chi connectivity index (χ0v) is 9.87. The van der Waals surface area contributed by atoms with Crippen LogP contribution >= 0.6 is 0 Å². The summed E-state index contributed by atoms with van der Waals surface area (Å²) < 4.78 is 18.9. The summed E-state index contributed by atoms with van der Waals surface area (Å²) in [5.74, 6) is 6.07. The number of benzene rings is 1. The lowest BCUT2D eigenvalue weighted by molar-refractivity contribution is 0.168. The third-order valence-electron chi connectivity index (χ3n) is 2.81. The topological polar surface area (TPSA) is 47.3 Å². The molecular weight excluding hydrogens is 219 g/mol. The molecule has 1 aliphatic heterocycles.